The predicted octanol–water partition coefficient (Wildman–Crippen LogP) is 2.95. The van der Waals surface area contributed by atoms with Crippen molar-refractivity contribution in [1.82, 2.24) is 0 Å². The summed E-state index contributed by atoms with van der Waals surface area (Å²) in [6.07, 6.45) is 3.26. The second-order valence-electron chi connectivity index (χ2n) is 3.58. The lowest BCUT2D eigenvalue weighted by Gasteiger charge is -2.22. The molecule has 0 spiro atoms. The smallest absolute Gasteiger partial charge is 0.232 e. The molecule has 2 rings (SSSR count). The van der Waals surface area contributed by atoms with Crippen LogP contribution in [0, 0.1) is 0 Å². The second-order valence-corrected chi connectivity index (χ2v) is 4.32. The summed E-state index contributed by atoms with van der Waals surface area (Å²) in [6, 6.07) is 7.19. The summed E-state index contributed by atoms with van der Waals surface area (Å²) in [6.45, 7) is 0. The molecule has 0 saturated carbocycles. The first-order valence-electron chi connectivity index (χ1n) is 4.77. The Balaban J connectivity index is 2.54. The molecule has 0 N–H and O–H groups in total. The number of hydrogen-bond donors (Lipinski definition) is 0. The molecule has 82 valence electrons. The zero-order valence-corrected chi connectivity index (χ0v) is 9.70. The fraction of sp³-hybridized carbons (Fsp3) is 0.167. The largest absolute Gasteiger partial charge is 0.280 e. The van der Waals surface area contributed by atoms with Crippen molar-refractivity contribution in [1.29, 1.82) is 0 Å². The molecule has 2 atom stereocenters. The summed E-state index contributed by atoms with van der Waals surface area (Å²) in [5.41, 5.74) is 1.51. The highest BCUT2D eigenvalue weighted by Gasteiger charge is 2.28. The minimum Gasteiger partial charge on any atom is -0.280 e. The first-order valence-corrected chi connectivity index (χ1v) is 5.52. The van der Waals surface area contributed by atoms with Gasteiger partial charge in [-0.1, -0.05) is 36.4 Å². The van der Waals surface area contributed by atoms with Crippen LogP contribution in [0.2, 0.25) is 0 Å². The van der Waals surface area contributed by atoms with E-state index >= 15 is 0 Å². The Morgan fingerprint density at radius 2 is 1.25 bits per heavy atom. The van der Waals surface area contributed by atoms with Crippen molar-refractivity contribution in [3.63, 3.8) is 0 Å². The van der Waals surface area contributed by atoms with E-state index in [0.29, 0.717) is 0 Å². The fourth-order valence-corrected chi connectivity index (χ4v) is 2.28. The Labute approximate surface area is 103 Å². The molecular weight excluding hydrogens is 247 g/mol. The molecule has 2 nitrogen and oxygen atoms in total. The van der Waals surface area contributed by atoms with Crippen LogP contribution in [0.25, 0.3) is 0 Å². The van der Waals surface area contributed by atoms with E-state index in [2.05, 4.69) is 0 Å². The maximum Gasteiger partial charge on any atom is 0.232 e. The Morgan fingerprint density at radius 3 is 1.56 bits per heavy atom. The third-order valence-electron chi connectivity index (χ3n) is 2.65. The van der Waals surface area contributed by atoms with Crippen molar-refractivity contribution in [2.45, 2.75) is 11.8 Å². The van der Waals surface area contributed by atoms with E-state index < -0.39 is 22.3 Å². The number of carbonyl (C=O) groups is 2. The fourth-order valence-electron chi connectivity index (χ4n) is 1.90. The summed E-state index contributed by atoms with van der Waals surface area (Å²) in [4.78, 5) is 22.5. The minimum atomic E-state index is -0.481. The highest BCUT2D eigenvalue weighted by molar-refractivity contribution is 6.65. The number of hydrogen-bond acceptors (Lipinski definition) is 2. The second kappa shape index (κ2) is 4.40. The van der Waals surface area contributed by atoms with Crippen molar-refractivity contribution in [2.24, 2.45) is 0 Å². The molecule has 0 aromatic heterocycles. The van der Waals surface area contributed by atoms with Crippen LogP contribution in [0.5, 0.6) is 0 Å². The molecule has 1 aliphatic rings. The van der Waals surface area contributed by atoms with Gasteiger partial charge >= 0.3 is 0 Å². The van der Waals surface area contributed by atoms with E-state index in [-0.39, 0.29) is 0 Å². The summed E-state index contributed by atoms with van der Waals surface area (Å²) in [7, 11) is 0. The number of halogens is 2. The maximum atomic E-state index is 11.2. The average Bonchev–Trinajstić information content (AvgIpc) is 2.27. The predicted molar refractivity (Wildman–Crippen MR) is 62.8 cm³/mol. The Hall–Kier alpha value is -1.12. The summed E-state index contributed by atoms with van der Waals surface area (Å²) in [5.74, 6) is -0.963. The van der Waals surface area contributed by atoms with E-state index in [1.54, 1.807) is 36.4 Å². The molecule has 0 saturated heterocycles. The summed E-state index contributed by atoms with van der Waals surface area (Å²) < 4.78 is 0. The van der Waals surface area contributed by atoms with Crippen molar-refractivity contribution in [2.75, 3.05) is 0 Å². The molecule has 1 aromatic carbocycles. The molecule has 0 aliphatic heterocycles. The van der Waals surface area contributed by atoms with Gasteiger partial charge < -0.3 is 0 Å². The molecule has 0 fully saturated rings. The minimum absolute atomic E-state index is 0.454. The Kier molecular flexibility index (Phi) is 3.13. The highest BCUT2D eigenvalue weighted by atomic mass is 35.5. The molecule has 0 bridgehead atoms. The van der Waals surface area contributed by atoms with Gasteiger partial charge in [-0.3, -0.25) is 9.59 Å². The SMILES string of the molecule is O=C(Cl)C1C=CC(C(=O)Cl)c2ccccc21. The molecule has 1 aromatic rings. The maximum absolute atomic E-state index is 11.2. The third-order valence-corrected chi connectivity index (χ3v) is 3.12. The van der Waals surface area contributed by atoms with Crippen LogP contribution in [0.4, 0.5) is 0 Å². The lowest BCUT2D eigenvalue weighted by molar-refractivity contribution is -0.113. The van der Waals surface area contributed by atoms with Gasteiger partial charge in [-0.15, -0.1) is 0 Å². The molecule has 0 amide bonds. The van der Waals surface area contributed by atoms with Gasteiger partial charge in [-0.25, -0.2) is 0 Å². The van der Waals surface area contributed by atoms with Crippen LogP contribution in [0.15, 0.2) is 36.4 Å². The van der Waals surface area contributed by atoms with Crippen molar-refractivity contribution < 1.29 is 9.59 Å². The lowest BCUT2D eigenvalue weighted by Crippen LogP contribution is -2.16. The standard InChI is InChI=1S/C12H8Cl2O2/c13-11(15)9-5-6-10(12(14)16)8-4-2-1-3-7(8)9/h1-6,9-10H. The van der Waals surface area contributed by atoms with Crippen LogP contribution in [-0.2, 0) is 9.59 Å². The van der Waals surface area contributed by atoms with Crippen molar-refractivity contribution in [3.05, 3.63) is 47.5 Å². The quantitative estimate of drug-likeness (QED) is 0.601. The van der Waals surface area contributed by atoms with E-state index in [9.17, 15) is 9.59 Å². The van der Waals surface area contributed by atoms with Crippen LogP contribution in [0.1, 0.15) is 23.0 Å². The van der Waals surface area contributed by atoms with Crippen LogP contribution in [-0.4, -0.2) is 10.5 Å². The number of fused-ring (bicyclic) bond motifs is 1. The van der Waals surface area contributed by atoms with Crippen molar-refractivity contribution >= 4 is 33.7 Å². The monoisotopic (exact) mass is 254 g/mol. The van der Waals surface area contributed by atoms with Gasteiger partial charge in [0.05, 0.1) is 11.8 Å². The van der Waals surface area contributed by atoms with Gasteiger partial charge in [0.25, 0.3) is 0 Å². The topological polar surface area (TPSA) is 34.1 Å². The Morgan fingerprint density at radius 1 is 0.875 bits per heavy atom. The molecular formula is C12H8Cl2O2. The summed E-state index contributed by atoms with van der Waals surface area (Å²) in [5, 5.41) is -0.909. The van der Waals surface area contributed by atoms with Gasteiger partial charge in [0, 0.05) is 0 Å². The van der Waals surface area contributed by atoms with E-state index in [1.165, 1.54) is 0 Å². The highest BCUT2D eigenvalue weighted by Crippen LogP contribution is 2.35. The number of carbonyl (C=O) groups excluding carboxylic acids is 2. The number of rotatable bonds is 2. The van der Waals surface area contributed by atoms with E-state index in [4.69, 9.17) is 23.2 Å². The van der Waals surface area contributed by atoms with Crippen molar-refractivity contribution in [3.8, 4) is 0 Å². The zero-order chi connectivity index (χ0) is 11.7. The molecule has 0 heterocycles. The normalized spacial score (nSPS) is 22.6. The molecule has 16 heavy (non-hydrogen) atoms. The number of allylic oxidation sites excluding steroid dienone is 2. The lowest BCUT2D eigenvalue weighted by atomic mass is 9.83. The summed E-state index contributed by atoms with van der Waals surface area (Å²) >= 11 is 11.0. The van der Waals surface area contributed by atoms with Gasteiger partial charge in [0.1, 0.15) is 0 Å². The van der Waals surface area contributed by atoms with E-state index in [1.807, 2.05) is 0 Å². The van der Waals surface area contributed by atoms with Crippen LogP contribution in [0.3, 0.4) is 0 Å². The van der Waals surface area contributed by atoms with Crippen LogP contribution < -0.4 is 0 Å². The molecule has 1 aliphatic carbocycles. The van der Waals surface area contributed by atoms with E-state index in [0.717, 1.165) is 11.1 Å². The average molecular weight is 255 g/mol. The zero-order valence-electron chi connectivity index (χ0n) is 8.19. The molecule has 4 heteroatoms. The van der Waals surface area contributed by atoms with Gasteiger partial charge in [-0.2, -0.15) is 0 Å². The first kappa shape index (κ1) is 11.4. The number of benzene rings is 1. The van der Waals surface area contributed by atoms with Gasteiger partial charge in [0.2, 0.25) is 10.5 Å². The van der Waals surface area contributed by atoms with Gasteiger partial charge in [0.15, 0.2) is 0 Å². The Bertz CT molecular complexity index is 437. The molecule has 0 radical (unpaired) electrons. The van der Waals surface area contributed by atoms with Gasteiger partial charge in [-0.05, 0) is 34.3 Å². The third kappa shape index (κ3) is 1.91. The first-order chi connectivity index (χ1) is 7.61. The van der Waals surface area contributed by atoms with Crippen LogP contribution >= 0.6 is 23.2 Å². The molecule has 2 unspecified atom stereocenters.